The molecule has 0 aliphatic rings. The van der Waals surface area contributed by atoms with Gasteiger partial charge < -0.3 is 9.88 Å². The number of imidazole rings is 1. The zero-order chi connectivity index (χ0) is 13.8. The standard InChI is InChI=1S/C15H22N4/c1-5-16-14(15-17-9-10-19(15)6-2)13-8-7-11(3)18-12(13)4/h7-10,14,16H,5-6H2,1-4H3. The highest BCUT2D eigenvalue weighted by Gasteiger charge is 2.20. The Morgan fingerprint density at radius 1 is 1.26 bits per heavy atom. The highest BCUT2D eigenvalue weighted by atomic mass is 15.1. The highest BCUT2D eigenvalue weighted by Crippen LogP contribution is 2.23. The predicted molar refractivity (Wildman–Crippen MR) is 77.1 cm³/mol. The van der Waals surface area contributed by atoms with Crippen molar-refractivity contribution in [3.8, 4) is 0 Å². The summed E-state index contributed by atoms with van der Waals surface area (Å²) in [6.07, 6.45) is 3.89. The maximum absolute atomic E-state index is 4.57. The van der Waals surface area contributed by atoms with E-state index < -0.39 is 0 Å². The van der Waals surface area contributed by atoms with E-state index in [9.17, 15) is 0 Å². The number of aryl methyl sites for hydroxylation is 3. The molecule has 1 atom stereocenters. The first kappa shape index (κ1) is 13.7. The predicted octanol–water partition coefficient (Wildman–Crippen LogP) is 2.61. The number of rotatable bonds is 5. The lowest BCUT2D eigenvalue weighted by Crippen LogP contribution is -2.26. The number of hydrogen-bond acceptors (Lipinski definition) is 3. The second-order valence-corrected chi connectivity index (χ2v) is 4.69. The zero-order valence-electron chi connectivity index (χ0n) is 12.1. The summed E-state index contributed by atoms with van der Waals surface area (Å²) < 4.78 is 2.17. The van der Waals surface area contributed by atoms with Gasteiger partial charge in [-0.15, -0.1) is 0 Å². The van der Waals surface area contributed by atoms with Crippen LogP contribution in [0, 0.1) is 13.8 Å². The number of nitrogens with zero attached hydrogens (tertiary/aromatic N) is 3. The Morgan fingerprint density at radius 2 is 2.05 bits per heavy atom. The fourth-order valence-corrected chi connectivity index (χ4v) is 2.40. The number of aromatic nitrogens is 3. The van der Waals surface area contributed by atoms with E-state index in [-0.39, 0.29) is 6.04 Å². The van der Waals surface area contributed by atoms with Gasteiger partial charge in [0.15, 0.2) is 0 Å². The van der Waals surface area contributed by atoms with Crippen molar-refractivity contribution in [2.24, 2.45) is 0 Å². The Bertz CT molecular complexity index is 545. The van der Waals surface area contributed by atoms with Crippen LogP contribution < -0.4 is 5.32 Å². The fraction of sp³-hybridized carbons (Fsp3) is 0.467. The molecular formula is C15H22N4. The van der Waals surface area contributed by atoms with Crippen LogP contribution in [0.1, 0.15) is 42.7 Å². The van der Waals surface area contributed by atoms with Crippen LogP contribution in [0.3, 0.4) is 0 Å². The Labute approximate surface area is 114 Å². The van der Waals surface area contributed by atoms with Crippen LogP contribution >= 0.6 is 0 Å². The molecule has 0 saturated carbocycles. The first-order valence-corrected chi connectivity index (χ1v) is 6.85. The van der Waals surface area contributed by atoms with Gasteiger partial charge in [0.1, 0.15) is 5.82 Å². The van der Waals surface area contributed by atoms with Crippen LogP contribution in [0.15, 0.2) is 24.5 Å². The highest BCUT2D eigenvalue weighted by molar-refractivity contribution is 5.30. The van der Waals surface area contributed by atoms with E-state index in [0.717, 1.165) is 30.3 Å². The lowest BCUT2D eigenvalue weighted by molar-refractivity contribution is 0.555. The molecule has 0 aliphatic carbocycles. The molecule has 2 rings (SSSR count). The lowest BCUT2D eigenvalue weighted by atomic mass is 10.0. The molecular weight excluding hydrogens is 236 g/mol. The molecule has 0 fully saturated rings. The molecule has 4 heteroatoms. The molecule has 1 N–H and O–H groups in total. The van der Waals surface area contributed by atoms with Crippen LogP contribution in [0.4, 0.5) is 0 Å². The van der Waals surface area contributed by atoms with Crippen molar-refractivity contribution in [2.75, 3.05) is 6.54 Å². The summed E-state index contributed by atoms with van der Waals surface area (Å²) in [5, 5.41) is 3.51. The Kier molecular flexibility index (Phi) is 4.32. The van der Waals surface area contributed by atoms with E-state index in [4.69, 9.17) is 0 Å². The third-order valence-electron chi connectivity index (χ3n) is 3.33. The van der Waals surface area contributed by atoms with Gasteiger partial charge in [0, 0.05) is 30.3 Å². The summed E-state index contributed by atoms with van der Waals surface area (Å²) in [5.74, 6) is 1.05. The lowest BCUT2D eigenvalue weighted by Gasteiger charge is -2.20. The van der Waals surface area contributed by atoms with Crippen molar-refractivity contribution >= 4 is 0 Å². The van der Waals surface area contributed by atoms with Crippen molar-refractivity contribution in [3.63, 3.8) is 0 Å². The number of hydrogen-bond donors (Lipinski definition) is 1. The zero-order valence-corrected chi connectivity index (χ0v) is 12.1. The topological polar surface area (TPSA) is 42.7 Å². The third kappa shape index (κ3) is 2.84. The van der Waals surface area contributed by atoms with E-state index in [1.807, 2.05) is 19.3 Å². The summed E-state index contributed by atoms with van der Waals surface area (Å²) in [6.45, 7) is 10.2. The quantitative estimate of drug-likeness (QED) is 0.896. The molecule has 2 aromatic heterocycles. The molecule has 0 bridgehead atoms. The van der Waals surface area contributed by atoms with Crippen LogP contribution in [0.5, 0.6) is 0 Å². The maximum Gasteiger partial charge on any atom is 0.130 e. The molecule has 0 aromatic carbocycles. The van der Waals surface area contributed by atoms with Crippen LogP contribution in [-0.4, -0.2) is 21.1 Å². The summed E-state index contributed by atoms with van der Waals surface area (Å²) in [4.78, 5) is 9.08. The average molecular weight is 258 g/mol. The third-order valence-corrected chi connectivity index (χ3v) is 3.33. The summed E-state index contributed by atoms with van der Waals surface area (Å²) >= 11 is 0. The summed E-state index contributed by atoms with van der Waals surface area (Å²) in [6, 6.07) is 4.32. The second kappa shape index (κ2) is 5.97. The summed E-state index contributed by atoms with van der Waals surface area (Å²) in [7, 11) is 0. The largest absolute Gasteiger partial charge is 0.334 e. The average Bonchev–Trinajstić information content (AvgIpc) is 2.85. The number of nitrogens with one attached hydrogen (secondary N) is 1. The monoisotopic (exact) mass is 258 g/mol. The SMILES string of the molecule is CCNC(c1ccc(C)nc1C)c1nccn1CC. The Hall–Kier alpha value is -1.68. The van der Waals surface area contributed by atoms with Crippen molar-refractivity contribution < 1.29 is 0 Å². The van der Waals surface area contributed by atoms with Crippen LogP contribution in [0.25, 0.3) is 0 Å². The molecule has 0 aliphatic heterocycles. The molecule has 2 heterocycles. The van der Waals surface area contributed by atoms with E-state index in [0.29, 0.717) is 0 Å². The van der Waals surface area contributed by atoms with Crippen molar-refractivity contribution in [3.05, 3.63) is 47.3 Å². The normalized spacial score (nSPS) is 12.6. The molecule has 0 amide bonds. The minimum absolute atomic E-state index is 0.105. The van der Waals surface area contributed by atoms with Crippen LogP contribution in [-0.2, 0) is 6.54 Å². The van der Waals surface area contributed by atoms with Gasteiger partial charge in [0.05, 0.1) is 6.04 Å². The second-order valence-electron chi connectivity index (χ2n) is 4.69. The molecule has 1 unspecified atom stereocenters. The van der Waals surface area contributed by atoms with Gasteiger partial charge in [-0.2, -0.15) is 0 Å². The summed E-state index contributed by atoms with van der Waals surface area (Å²) in [5.41, 5.74) is 3.32. The van der Waals surface area contributed by atoms with Gasteiger partial charge in [-0.05, 0) is 38.9 Å². The first-order valence-electron chi connectivity index (χ1n) is 6.85. The smallest absolute Gasteiger partial charge is 0.130 e. The molecule has 0 spiro atoms. The maximum atomic E-state index is 4.57. The molecule has 102 valence electrons. The molecule has 0 saturated heterocycles. The van der Waals surface area contributed by atoms with E-state index >= 15 is 0 Å². The molecule has 4 nitrogen and oxygen atoms in total. The minimum Gasteiger partial charge on any atom is -0.334 e. The molecule has 19 heavy (non-hydrogen) atoms. The van der Waals surface area contributed by atoms with Gasteiger partial charge in [-0.1, -0.05) is 13.0 Å². The first-order chi connectivity index (χ1) is 9.17. The van der Waals surface area contributed by atoms with Crippen molar-refractivity contribution in [2.45, 2.75) is 40.3 Å². The minimum atomic E-state index is 0.105. The van der Waals surface area contributed by atoms with Gasteiger partial charge in [0.2, 0.25) is 0 Å². The van der Waals surface area contributed by atoms with Gasteiger partial charge in [-0.25, -0.2) is 4.98 Å². The number of pyridine rings is 1. The molecule has 0 radical (unpaired) electrons. The van der Waals surface area contributed by atoms with Crippen molar-refractivity contribution in [1.29, 1.82) is 0 Å². The van der Waals surface area contributed by atoms with E-state index in [1.54, 1.807) is 0 Å². The fourth-order valence-electron chi connectivity index (χ4n) is 2.40. The van der Waals surface area contributed by atoms with Crippen molar-refractivity contribution in [1.82, 2.24) is 19.9 Å². The van der Waals surface area contributed by atoms with Gasteiger partial charge in [0.25, 0.3) is 0 Å². The van der Waals surface area contributed by atoms with E-state index in [1.165, 1.54) is 5.56 Å². The Morgan fingerprint density at radius 3 is 2.68 bits per heavy atom. The molecule has 2 aromatic rings. The van der Waals surface area contributed by atoms with Gasteiger partial charge in [-0.3, -0.25) is 4.98 Å². The van der Waals surface area contributed by atoms with E-state index in [2.05, 4.69) is 52.8 Å². The van der Waals surface area contributed by atoms with Gasteiger partial charge >= 0.3 is 0 Å². The Balaban J connectivity index is 2.45. The van der Waals surface area contributed by atoms with Crippen LogP contribution in [0.2, 0.25) is 0 Å².